The van der Waals surface area contributed by atoms with Crippen molar-refractivity contribution in [3.05, 3.63) is 62.3 Å². The average molecular weight is 386 g/mol. The molecule has 0 aliphatic heterocycles. The molecule has 0 fully saturated rings. The van der Waals surface area contributed by atoms with Crippen LogP contribution >= 0.6 is 0 Å². The van der Waals surface area contributed by atoms with Crippen molar-refractivity contribution < 1.29 is 9.90 Å². The Morgan fingerprint density at radius 2 is 1.89 bits per heavy atom. The van der Waals surface area contributed by atoms with Crippen LogP contribution in [0, 0.1) is 0 Å². The van der Waals surface area contributed by atoms with E-state index in [2.05, 4.69) is 22.4 Å². The van der Waals surface area contributed by atoms with Gasteiger partial charge in [-0.25, -0.2) is 10.2 Å². The number of hydrogen-bond acceptors (Lipinski definition) is 5. The lowest BCUT2D eigenvalue weighted by Crippen LogP contribution is -2.34. The summed E-state index contributed by atoms with van der Waals surface area (Å²) in [6.07, 6.45) is 4.23. The summed E-state index contributed by atoms with van der Waals surface area (Å²) in [6, 6.07) is 9.07. The summed E-state index contributed by atoms with van der Waals surface area (Å²) in [5.74, 6) is -0.750. The van der Waals surface area contributed by atoms with Crippen molar-refractivity contribution in [3.63, 3.8) is 0 Å². The fourth-order valence-corrected chi connectivity index (χ4v) is 2.77. The molecule has 0 aliphatic carbocycles. The monoisotopic (exact) mass is 386 g/mol. The highest BCUT2D eigenvalue weighted by Gasteiger charge is 2.17. The maximum absolute atomic E-state index is 12.2. The largest absolute Gasteiger partial charge is 0.494 e. The molecule has 1 amide bonds. The van der Waals surface area contributed by atoms with Crippen LogP contribution in [0.3, 0.4) is 0 Å². The zero-order chi connectivity index (χ0) is 20.5. The average Bonchev–Trinajstić information content (AvgIpc) is 2.67. The third kappa shape index (κ3) is 5.67. The normalized spacial score (nSPS) is 11.4. The molecule has 0 saturated carbocycles. The second-order valence-electron chi connectivity index (χ2n) is 6.57. The van der Waals surface area contributed by atoms with E-state index in [-0.39, 0.29) is 23.7 Å². The Labute approximate surface area is 162 Å². The standard InChI is InChI=1S/C20H26N4O4/c1-3-4-5-9-12-16(25)23-22-14(2)17-18(26)21-20(28)24(19(17)27)13-15-10-7-6-8-11-15/h6-8,10-11,27H,3-5,9,12-13H2,1-2H3,(H,23,25)(H,21,26,28)/b22-14+. The highest BCUT2D eigenvalue weighted by Crippen LogP contribution is 2.13. The number of aromatic hydroxyl groups is 1. The molecule has 0 bridgehead atoms. The first-order chi connectivity index (χ1) is 13.4. The van der Waals surface area contributed by atoms with Gasteiger partial charge in [0.05, 0.1) is 12.3 Å². The van der Waals surface area contributed by atoms with E-state index in [9.17, 15) is 19.5 Å². The molecule has 8 nitrogen and oxygen atoms in total. The van der Waals surface area contributed by atoms with Crippen LogP contribution in [0.1, 0.15) is 57.1 Å². The number of hydrazone groups is 1. The second kappa shape index (κ2) is 10.2. The molecule has 8 heteroatoms. The molecule has 2 aromatic rings. The van der Waals surface area contributed by atoms with Crippen LogP contribution in [0.25, 0.3) is 0 Å². The number of hydrogen-bond donors (Lipinski definition) is 3. The van der Waals surface area contributed by atoms with Gasteiger partial charge in [0.15, 0.2) is 0 Å². The van der Waals surface area contributed by atoms with Crippen molar-refractivity contribution >= 4 is 11.6 Å². The van der Waals surface area contributed by atoms with Gasteiger partial charge in [-0.15, -0.1) is 0 Å². The lowest BCUT2D eigenvalue weighted by atomic mass is 10.1. The van der Waals surface area contributed by atoms with E-state index in [4.69, 9.17) is 0 Å². The van der Waals surface area contributed by atoms with E-state index in [1.165, 1.54) is 6.92 Å². The molecule has 0 unspecified atom stereocenters. The van der Waals surface area contributed by atoms with E-state index >= 15 is 0 Å². The Morgan fingerprint density at radius 3 is 2.57 bits per heavy atom. The third-order valence-corrected chi connectivity index (χ3v) is 4.32. The molecular weight excluding hydrogens is 360 g/mol. The minimum Gasteiger partial charge on any atom is -0.494 e. The van der Waals surface area contributed by atoms with E-state index in [1.54, 1.807) is 12.1 Å². The molecular formula is C20H26N4O4. The number of aromatic amines is 1. The Hall–Kier alpha value is -3.16. The van der Waals surface area contributed by atoms with Crippen molar-refractivity contribution in [2.45, 2.75) is 52.5 Å². The van der Waals surface area contributed by atoms with Gasteiger partial charge in [-0.2, -0.15) is 5.10 Å². The first-order valence-corrected chi connectivity index (χ1v) is 9.37. The number of nitrogens with zero attached hydrogens (tertiary/aromatic N) is 2. The molecule has 1 aromatic heterocycles. The van der Waals surface area contributed by atoms with E-state index in [1.807, 2.05) is 18.2 Å². The number of nitrogens with one attached hydrogen (secondary N) is 2. The van der Waals surface area contributed by atoms with Crippen LogP contribution in [0.2, 0.25) is 0 Å². The Morgan fingerprint density at radius 1 is 1.18 bits per heavy atom. The zero-order valence-corrected chi connectivity index (χ0v) is 16.2. The van der Waals surface area contributed by atoms with Gasteiger partial charge >= 0.3 is 5.69 Å². The lowest BCUT2D eigenvalue weighted by molar-refractivity contribution is -0.121. The van der Waals surface area contributed by atoms with Gasteiger partial charge in [0.1, 0.15) is 5.56 Å². The summed E-state index contributed by atoms with van der Waals surface area (Å²) in [5, 5.41) is 14.4. The molecule has 1 aromatic carbocycles. The first kappa shape index (κ1) is 21.1. The summed E-state index contributed by atoms with van der Waals surface area (Å²) < 4.78 is 1.05. The van der Waals surface area contributed by atoms with Crippen LogP contribution in [-0.2, 0) is 11.3 Å². The minimum atomic E-state index is -0.759. The van der Waals surface area contributed by atoms with Crippen molar-refractivity contribution in [2.24, 2.45) is 5.10 Å². The predicted molar refractivity (Wildman–Crippen MR) is 108 cm³/mol. The maximum Gasteiger partial charge on any atom is 0.331 e. The molecule has 0 saturated heterocycles. The fraction of sp³-hybridized carbons (Fsp3) is 0.400. The van der Waals surface area contributed by atoms with Crippen LogP contribution in [0.15, 0.2) is 45.0 Å². The number of aromatic nitrogens is 2. The molecule has 150 valence electrons. The summed E-state index contributed by atoms with van der Waals surface area (Å²) in [7, 11) is 0. The number of benzene rings is 1. The summed E-state index contributed by atoms with van der Waals surface area (Å²) in [5.41, 5.74) is 1.66. The van der Waals surface area contributed by atoms with Gasteiger partial charge in [0, 0.05) is 6.42 Å². The van der Waals surface area contributed by atoms with Gasteiger partial charge in [0.25, 0.3) is 5.56 Å². The lowest BCUT2D eigenvalue weighted by Gasteiger charge is -2.11. The van der Waals surface area contributed by atoms with E-state index in [0.29, 0.717) is 6.42 Å². The molecule has 0 spiro atoms. The molecule has 1 heterocycles. The number of unbranched alkanes of at least 4 members (excludes halogenated alkanes) is 3. The van der Waals surface area contributed by atoms with Crippen LogP contribution in [0.4, 0.5) is 0 Å². The fourth-order valence-electron chi connectivity index (χ4n) is 2.77. The quantitative estimate of drug-likeness (QED) is 0.348. The van der Waals surface area contributed by atoms with Gasteiger partial charge in [-0.1, -0.05) is 56.5 Å². The predicted octanol–water partition coefficient (Wildman–Crippen LogP) is 2.10. The molecule has 0 atom stereocenters. The first-order valence-electron chi connectivity index (χ1n) is 9.37. The highest BCUT2D eigenvalue weighted by atomic mass is 16.3. The van der Waals surface area contributed by atoms with Crippen LogP contribution in [0.5, 0.6) is 5.88 Å². The maximum atomic E-state index is 12.2. The SMILES string of the molecule is CCCCCCC(=O)N/N=C(\C)c1c(O)n(Cc2ccccc2)c(=O)[nH]c1=O. The Kier molecular flexibility index (Phi) is 7.74. The Bertz CT molecular complexity index is 945. The minimum absolute atomic E-state index is 0.0896. The molecule has 3 N–H and O–H groups in total. The van der Waals surface area contributed by atoms with Gasteiger partial charge in [0.2, 0.25) is 11.8 Å². The smallest absolute Gasteiger partial charge is 0.331 e. The van der Waals surface area contributed by atoms with Crippen molar-refractivity contribution in [1.29, 1.82) is 0 Å². The summed E-state index contributed by atoms with van der Waals surface area (Å²) in [4.78, 5) is 38.3. The van der Waals surface area contributed by atoms with E-state index < -0.39 is 17.1 Å². The van der Waals surface area contributed by atoms with Gasteiger partial charge in [-0.05, 0) is 18.9 Å². The second-order valence-corrected chi connectivity index (χ2v) is 6.57. The van der Waals surface area contributed by atoms with Crippen molar-refractivity contribution in [3.8, 4) is 5.88 Å². The highest BCUT2D eigenvalue weighted by molar-refractivity contribution is 6.00. The zero-order valence-electron chi connectivity index (χ0n) is 16.2. The number of H-pyrrole nitrogens is 1. The Balaban J connectivity index is 2.20. The molecule has 2 rings (SSSR count). The van der Waals surface area contributed by atoms with Crippen LogP contribution < -0.4 is 16.7 Å². The topological polar surface area (TPSA) is 117 Å². The van der Waals surface area contributed by atoms with Crippen molar-refractivity contribution in [2.75, 3.05) is 0 Å². The number of carbonyl (C=O) groups excluding carboxylic acids is 1. The van der Waals surface area contributed by atoms with Gasteiger partial charge < -0.3 is 5.11 Å². The summed E-state index contributed by atoms with van der Waals surface area (Å²) >= 11 is 0. The van der Waals surface area contributed by atoms with Crippen molar-refractivity contribution in [1.82, 2.24) is 15.0 Å². The molecule has 0 radical (unpaired) electrons. The molecule has 28 heavy (non-hydrogen) atoms. The summed E-state index contributed by atoms with van der Waals surface area (Å²) in [6.45, 7) is 3.67. The third-order valence-electron chi connectivity index (χ3n) is 4.32. The number of carbonyl (C=O) groups is 1. The number of rotatable bonds is 9. The van der Waals surface area contributed by atoms with Gasteiger partial charge in [-0.3, -0.25) is 19.1 Å². The van der Waals surface area contributed by atoms with Crippen LogP contribution in [-0.4, -0.2) is 26.3 Å². The number of amides is 1. The molecule has 0 aliphatic rings. The van der Waals surface area contributed by atoms with E-state index in [0.717, 1.165) is 35.8 Å².